The predicted molar refractivity (Wildman–Crippen MR) is 218 cm³/mol. The zero-order chi connectivity index (χ0) is 34.3. The van der Waals surface area contributed by atoms with Crippen molar-refractivity contribution >= 4 is 37.4 Å². The van der Waals surface area contributed by atoms with Crippen LogP contribution >= 0.6 is 0 Å². The molecule has 0 aliphatic heterocycles. The van der Waals surface area contributed by atoms with E-state index in [0.717, 1.165) is 0 Å². The van der Waals surface area contributed by atoms with Crippen LogP contribution in [0.5, 0.6) is 0 Å². The fraction of sp³-hybridized carbons (Fsp3) is 0.356. The summed E-state index contributed by atoms with van der Waals surface area (Å²) < 4.78 is 9.52. The Hall–Kier alpha value is -2.47. The summed E-state index contributed by atoms with van der Waals surface area (Å²) in [5, 5.41) is 3.25. The molecule has 6 rings (SSSR count). The van der Waals surface area contributed by atoms with Gasteiger partial charge in [0.15, 0.2) is 0 Å². The summed E-state index contributed by atoms with van der Waals surface area (Å²) in [4.78, 5) is 0. The molecule has 0 amide bonds. The van der Waals surface area contributed by atoms with Gasteiger partial charge in [0.05, 0.1) is 0 Å². The topological polar surface area (TPSA) is 0 Å². The number of hydrogen-bond donors (Lipinski definition) is 0. The van der Waals surface area contributed by atoms with Gasteiger partial charge in [-0.3, -0.25) is 0 Å². The molecule has 0 unspecified atom stereocenters. The Kier molecular flexibility index (Phi) is 9.83. The second kappa shape index (κ2) is 13.3. The molecule has 4 aromatic carbocycles. The van der Waals surface area contributed by atoms with E-state index in [9.17, 15) is 0 Å². The van der Waals surface area contributed by atoms with Crippen molar-refractivity contribution in [1.29, 1.82) is 0 Å². The van der Waals surface area contributed by atoms with Crippen LogP contribution in [0.15, 0.2) is 109 Å². The molecule has 0 fully saturated rings. The fourth-order valence-corrected chi connectivity index (χ4v) is 42.9. The zero-order valence-corrected chi connectivity index (χ0v) is 36.6. The molecule has 0 aromatic heterocycles. The maximum absolute atomic E-state index is 5.91. The second-order valence-electron chi connectivity index (χ2n) is 15.4. The van der Waals surface area contributed by atoms with E-state index in [0.29, 0.717) is 3.67 Å². The average Bonchev–Trinajstić information content (AvgIpc) is 3.78. The number of fused-ring (bicyclic) bond motifs is 3. The Morgan fingerprint density at radius 3 is 1.21 bits per heavy atom. The molecule has 0 bridgehead atoms. The maximum atomic E-state index is 5.91. The summed E-state index contributed by atoms with van der Waals surface area (Å²) in [5.41, 5.74) is 8.51. The predicted octanol–water partition coefficient (Wildman–Crippen LogP) is 10.5. The first-order valence-electron chi connectivity index (χ1n) is 18.9. The molecule has 0 radical (unpaired) electrons. The third-order valence-electron chi connectivity index (χ3n) is 13.9. The minimum absolute atomic E-state index is 0.247. The van der Waals surface area contributed by atoms with Gasteiger partial charge in [-0.25, -0.2) is 0 Å². The van der Waals surface area contributed by atoms with Crippen LogP contribution in [-0.4, -0.2) is 20.4 Å². The number of aryl methyl sites for hydroxylation is 2. The summed E-state index contributed by atoms with van der Waals surface area (Å²) in [6, 6.07) is 43.0. The van der Waals surface area contributed by atoms with Crippen molar-refractivity contribution in [2.75, 3.05) is 0 Å². The Bertz CT molecular complexity index is 1770. The molecule has 0 heterocycles. The van der Waals surface area contributed by atoms with Crippen molar-refractivity contribution in [1.82, 2.24) is 0 Å². The van der Waals surface area contributed by atoms with Crippen molar-refractivity contribution in [2.24, 2.45) is 0 Å². The van der Waals surface area contributed by atoms with E-state index in [1.165, 1.54) is 76.3 Å². The van der Waals surface area contributed by atoms with Crippen LogP contribution in [0.1, 0.15) is 67.5 Å². The molecule has 0 atom stereocenters. The molecule has 0 spiro atoms. The molecule has 0 saturated carbocycles. The van der Waals surface area contributed by atoms with Gasteiger partial charge in [-0.15, -0.1) is 0 Å². The normalized spacial score (nSPS) is 15.3. The molecule has 250 valence electrons. The van der Waals surface area contributed by atoms with Gasteiger partial charge in [0.25, 0.3) is 0 Å². The van der Waals surface area contributed by atoms with Crippen LogP contribution < -0.4 is 17.0 Å². The molecule has 2 aliphatic rings. The first-order valence-corrected chi connectivity index (χ1v) is 34.4. The second-order valence-corrected chi connectivity index (χ2v) is 46.2. The summed E-state index contributed by atoms with van der Waals surface area (Å²) in [6.45, 7) is 19.1. The van der Waals surface area contributed by atoms with Gasteiger partial charge in [-0.1, -0.05) is 0 Å². The van der Waals surface area contributed by atoms with E-state index < -0.39 is 34.2 Å². The van der Waals surface area contributed by atoms with Crippen LogP contribution in [0.25, 0.3) is 11.1 Å². The standard InChI is InChI=1S/C15H13.2C12H19Si.C5H5.CH2.Hf/c1-10-3-5-14-12(7-10)9-13-8-11(2)4-6-15(13)14;2*1-4-13(5-2,6-3)12-10-8-7-9-11-12;1-2-4-5-3-1;;/h3-9H,1-2H3;2*8-11H,4-6H2,1-3H3;1-5H;1H2;. The van der Waals surface area contributed by atoms with Crippen LogP contribution in [0.4, 0.5) is 0 Å². The Balaban J connectivity index is 1.75. The van der Waals surface area contributed by atoms with Crippen molar-refractivity contribution in [3.8, 4) is 11.1 Å². The van der Waals surface area contributed by atoms with Crippen LogP contribution in [0.3, 0.4) is 0 Å². The average molecular weight is 834 g/mol. The van der Waals surface area contributed by atoms with Crippen LogP contribution in [0.2, 0.25) is 39.9 Å². The van der Waals surface area contributed by atoms with Gasteiger partial charge in [-0.2, -0.15) is 0 Å². The monoisotopic (exact) mass is 834 g/mol. The molecule has 0 nitrogen and oxygen atoms in total. The first kappa shape index (κ1) is 35.4. The number of hydrogen-bond acceptors (Lipinski definition) is 0. The summed E-state index contributed by atoms with van der Waals surface area (Å²) >= 11 is -4.95. The van der Waals surface area contributed by atoms with E-state index in [1.54, 1.807) is 10.4 Å². The third-order valence-corrected chi connectivity index (χ3v) is 51.2. The van der Waals surface area contributed by atoms with E-state index in [-0.39, 0.29) is 3.67 Å². The van der Waals surface area contributed by atoms with Gasteiger partial charge < -0.3 is 0 Å². The van der Waals surface area contributed by atoms with Gasteiger partial charge in [0.1, 0.15) is 0 Å². The Labute approximate surface area is 295 Å². The van der Waals surface area contributed by atoms with E-state index in [1.807, 2.05) is 0 Å². The van der Waals surface area contributed by atoms with E-state index in [2.05, 4.69) is 165 Å². The third kappa shape index (κ3) is 5.08. The minimum atomic E-state index is -4.95. The molecule has 48 heavy (non-hydrogen) atoms. The van der Waals surface area contributed by atoms with Gasteiger partial charge in [0.2, 0.25) is 0 Å². The Morgan fingerprint density at radius 1 is 0.521 bits per heavy atom. The van der Waals surface area contributed by atoms with Crippen molar-refractivity contribution in [3.05, 3.63) is 131 Å². The number of rotatable bonds is 12. The summed E-state index contributed by atoms with van der Waals surface area (Å²) in [7, 11) is -3.07. The van der Waals surface area contributed by atoms with Crippen molar-refractivity contribution in [3.63, 3.8) is 0 Å². The quantitative estimate of drug-likeness (QED) is 0.125. The van der Waals surface area contributed by atoms with Crippen LogP contribution in [-0.2, 0) is 18.0 Å². The van der Waals surface area contributed by atoms with E-state index in [4.69, 9.17) is 4.26 Å². The van der Waals surface area contributed by atoms with E-state index >= 15 is 0 Å². The number of allylic oxidation sites excluding steroid dienone is 4. The zero-order valence-electron chi connectivity index (χ0n) is 31.0. The van der Waals surface area contributed by atoms with Gasteiger partial charge >= 0.3 is 297 Å². The fourth-order valence-electron chi connectivity index (χ4n) is 10.3. The molecule has 4 aromatic rings. The molecular formula is C45H58HfSi2. The van der Waals surface area contributed by atoms with Gasteiger partial charge in [-0.05, 0) is 0 Å². The SMILES string of the molecule is [CH2]=[Hf]([c]1ccc([Si](CC)(CC)CC)cc1)([c]1ccc([Si](CC)(CC)CC)cc1)([CH]1C=CC=C1)[CH]1c2cc(C)ccc2-c2ccc(C)cc21. The Morgan fingerprint density at radius 2 is 0.875 bits per heavy atom. The molecular weight excluding hydrogens is 775 g/mol. The summed E-state index contributed by atoms with van der Waals surface area (Å²) in [6.07, 6.45) is 9.67. The molecule has 3 heteroatoms. The van der Waals surface area contributed by atoms with Crippen molar-refractivity contribution < 1.29 is 18.0 Å². The summed E-state index contributed by atoms with van der Waals surface area (Å²) in [5.74, 6) is 0. The molecule has 0 N–H and O–H groups in total. The van der Waals surface area contributed by atoms with Gasteiger partial charge in [0, 0.05) is 0 Å². The molecule has 2 aliphatic carbocycles. The number of benzene rings is 4. The van der Waals surface area contributed by atoms with Crippen molar-refractivity contribution in [2.45, 2.75) is 99.0 Å². The molecule has 0 saturated heterocycles. The van der Waals surface area contributed by atoms with Crippen LogP contribution in [0, 0.1) is 13.8 Å². The first-order chi connectivity index (χ1) is 23.1.